The Labute approximate surface area is 78.4 Å². The SMILES string of the molecule is CC(C)c1cccc2ccncc12. The molecule has 0 aliphatic rings. The summed E-state index contributed by atoms with van der Waals surface area (Å²) in [6.45, 7) is 4.42. The first kappa shape index (κ1) is 8.24. The van der Waals surface area contributed by atoms with Crippen LogP contribution >= 0.6 is 0 Å². The molecule has 1 nitrogen and oxygen atoms in total. The molecule has 0 radical (unpaired) electrons. The Morgan fingerprint density at radius 1 is 1.15 bits per heavy atom. The molecule has 2 aromatic rings. The van der Waals surface area contributed by atoms with Crippen LogP contribution in [0.25, 0.3) is 10.8 Å². The van der Waals surface area contributed by atoms with E-state index in [1.807, 2.05) is 12.4 Å². The van der Waals surface area contributed by atoms with Crippen molar-refractivity contribution in [2.75, 3.05) is 0 Å². The number of benzene rings is 1. The van der Waals surface area contributed by atoms with Crippen molar-refractivity contribution in [1.29, 1.82) is 0 Å². The lowest BCUT2D eigenvalue weighted by Gasteiger charge is -2.08. The molecule has 2 rings (SSSR count). The number of aromatic nitrogens is 1. The normalized spacial score (nSPS) is 11.0. The van der Waals surface area contributed by atoms with Gasteiger partial charge in [0.2, 0.25) is 0 Å². The molecule has 66 valence electrons. The van der Waals surface area contributed by atoms with Crippen molar-refractivity contribution < 1.29 is 0 Å². The molecule has 0 spiro atoms. The van der Waals surface area contributed by atoms with Gasteiger partial charge in [-0.2, -0.15) is 0 Å². The lowest BCUT2D eigenvalue weighted by atomic mass is 9.98. The van der Waals surface area contributed by atoms with Crippen LogP contribution in [-0.4, -0.2) is 4.98 Å². The highest BCUT2D eigenvalue weighted by molar-refractivity contribution is 5.85. The standard InChI is InChI=1S/C12H13N/c1-9(2)11-5-3-4-10-6-7-13-8-12(10)11/h3-9H,1-2H3. The van der Waals surface area contributed by atoms with Crippen molar-refractivity contribution in [3.05, 3.63) is 42.2 Å². The summed E-state index contributed by atoms with van der Waals surface area (Å²) >= 11 is 0. The number of fused-ring (bicyclic) bond motifs is 1. The molecule has 13 heavy (non-hydrogen) atoms. The fraction of sp³-hybridized carbons (Fsp3) is 0.250. The quantitative estimate of drug-likeness (QED) is 0.641. The minimum Gasteiger partial charge on any atom is -0.264 e. The van der Waals surface area contributed by atoms with Gasteiger partial charge >= 0.3 is 0 Å². The predicted octanol–water partition coefficient (Wildman–Crippen LogP) is 3.36. The predicted molar refractivity (Wildman–Crippen MR) is 55.8 cm³/mol. The molecule has 0 unspecified atom stereocenters. The van der Waals surface area contributed by atoms with Crippen LogP contribution in [0, 0.1) is 0 Å². The maximum atomic E-state index is 4.16. The summed E-state index contributed by atoms with van der Waals surface area (Å²) in [5.41, 5.74) is 1.38. The molecule has 0 aliphatic heterocycles. The van der Waals surface area contributed by atoms with E-state index in [1.165, 1.54) is 16.3 Å². The second kappa shape index (κ2) is 3.17. The zero-order chi connectivity index (χ0) is 9.26. The Morgan fingerprint density at radius 3 is 2.77 bits per heavy atom. The zero-order valence-corrected chi connectivity index (χ0v) is 7.99. The summed E-state index contributed by atoms with van der Waals surface area (Å²) in [6.07, 6.45) is 3.79. The summed E-state index contributed by atoms with van der Waals surface area (Å²) < 4.78 is 0. The highest BCUT2D eigenvalue weighted by Crippen LogP contribution is 2.23. The van der Waals surface area contributed by atoms with Crippen LogP contribution in [0.3, 0.4) is 0 Å². The van der Waals surface area contributed by atoms with Gasteiger partial charge in [0.05, 0.1) is 0 Å². The smallest absolute Gasteiger partial charge is 0.0349 e. The third kappa shape index (κ3) is 1.42. The van der Waals surface area contributed by atoms with Crippen LogP contribution < -0.4 is 0 Å². The van der Waals surface area contributed by atoms with Gasteiger partial charge in [-0.3, -0.25) is 4.98 Å². The van der Waals surface area contributed by atoms with Gasteiger partial charge < -0.3 is 0 Å². The van der Waals surface area contributed by atoms with Crippen molar-refractivity contribution in [2.45, 2.75) is 19.8 Å². The van der Waals surface area contributed by atoms with Crippen LogP contribution in [0.1, 0.15) is 25.3 Å². The van der Waals surface area contributed by atoms with Crippen molar-refractivity contribution in [3.8, 4) is 0 Å². The van der Waals surface area contributed by atoms with E-state index >= 15 is 0 Å². The molecule has 1 aromatic heterocycles. The molecule has 0 saturated carbocycles. The van der Waals surface area contributed by atoms with Crippen molar-refractivity contribution >= 4 is 10.8 Å². The maximum absolute atomic E-state index is 4.16. The molecule has 0 atom stereocenters. The molecule has 0 N–H and O–H groups in total. The van der Waals surface area contributed by atoms with Gasteiger partial charge in [-0.1, -0.05) is 32.0 Å². The average Bonchev–Trinajstić information content (AvgIpc) is 2.17. The fourth-order valence-corrected chi connectivity index (χ4v) is 1.64. The average molecular weight is 171 g/mol. The largest absolute Gasteiger partial charge is 0.264 e. The first-order valence-corrected chi connectivity index (χ1v) is 4.61. The Kier molecular flexibility index (Phi) is 2.01. The van der Waals surface area contributed by atoms with Gasteiger partial charge in [-0.25, -0.2) is 0 Å². The lowest BCUT2D eigenvalue weighted by molar-refractivity contribution is 0.876. The van der Waals surface area contributed by atoms with E-state index in [0.29, 0.717) is 5.92 Å². The minimum absolute atomic E-state index is 0.563. The third-order valence-corrected chi connectivity index (χ3v) is 2.34. The number of pyridine rings is 1. The highest BCUT2D eigenvalue weighted by atomic mass is 14.6. The van der Waals surface area contributed by atoms with E-state index < -0.39 is 0 Å². The van der Waals surface area contributed by atoms with E-state index in [1.54, 1.807) is 0 Å². The second-order valence-electron chi connectivity index (χ2n) is 3.60. The summed E-state index contributed by atoms with van der Waals surface area (Å²) in [4.78, 5) is 4.16. The Morgan fingerprint density at radius 2 is 2.00 bits per heavy atom. The van der Waals surface area contributed by atoms with Crippen LogP contribution in [0.2, 0.25) is 0 Å². The molecule has 1 heteroatoms. The van der Waals surface area contributed by atoms with Gasteiger partial charge in [-0.15, -0.1) is 0 Å². The molecule has 0 bridgehead atoms. The minimum atomic E-state index is 0.563. The van der Waals surface area contributed by atoms with Gasteiger partial charge in [0, 0.05) is 17.8 Å². The maximum Gasteiger partial charge on any atom is 0.0349 e. The van der Waals surface area contributed by atoms with Crippen molar-refractivity contribution in [1.82, 2.24) is 4.98 Å². The first-order valence-electron chi connectivity index (χ1n) is 4.61. The topological polar surface area (TPSA) is 12.9 Å². The fourth-order valence-electron chi connectivity index (χ4n) is 1.64. The highest BCUT2D eigenvalue weighted by Gasteiger charge is 2.03. The number of rotatable bonds is 1. The summed E-state index contributed by atoms with van der Waals surface area (Å²) in [7, 11) is 0. The molecular formula is C12H13N. The van der Waals surface area contributed by atoms with E-state index in [2.05, 4.69) is 43.1 Å². The summed E-state index contributed by atoms with van der Waals surface area (Å²) in [6, 6.07) is 8.47. The number of hydrogen-bond donors (Lipinski definition) is 0. The van der Waals surface area contributed by atoms with Crippen molar-refractivity contribution in [3.63, 3.8) is 0 Å². The van der Waals surface area contributed by atoms with Gasteiger partial charge in [0.25, 0.3) is 0 Å². The number of nitrogens with zero attached hydrogens (tertiary/aromatic N) is 1. The summed E-state index contributed by atoms with van der Waals surface area (Å²) in [5, 5.41) is 2.56. The van der Waals surface area contributed by atoms with Gasteiger partial charge in [0.1, 0.15) is 0 Å². The van der Waals surface area contributed by atoms with E-state index in [9.17, 15) is 0 Å². The van der Waals surface area contributed by atoms with Crippen LogP contribution in [0.5, 0.6) is 0 Å². The molecule has 0 fully saturated rings. The Bertz CT molecular complexity index is 413. The van der Waals surface area contributed by atoms with E-state index in [4.69, 9.17) is 0 Å². The van der Waals surface area contributed by atoms with E-state index in [-0.39, 0.29) is 0 Å². The zero-order valence-electron chi connectivity index (χ0n) is 7.99. The van der Waals surface area contributed by atoms with Crippen LogP contribution in [-0.2, 0) is 0 Å². The molecule has 0 amide bonds. The molecule has 0 aliphatic carbocycles. The second-order valence-corrected chi connectivity index (χ2v) is 3.60. The molecule has 1 heterocycles. The van der Waals surface area contributed by atoms with Crippen LogP contribution in [0.4, 0.5) is 0 Å². The van der Waals surface area contributed by atoms with Gasteiger partial charge in [0.15, 0.2) is 0 Å². The van der Waals surface area contributed by atoms with Crippen molar-refractivity contribution in [2.24, 2.45) is 0 Å². The molecular weight excluding hydrogens is 158 g/mol. The molecule has 1 aromatic carbocycles. The summed E-state index contributed by atoms with van der Waals surface area (Å²) in [5.74, 6) is 0.563. The Balaban J connectivity index is 2.76. The lowest BCUT2D eigenvalue weighted by Crippen LogP contribution is -1.89. The van der Waals surface area contributed by atoms with E-state index in [0.717, 1.165) is 0 Å². The first-order chi connectivity index (χ1) is 6.29. The Hall–Kier alpha value is -1.37. The molecule has 0 saturated heterocycles. The number of hydrogen-bond acceptors (Lipinski definition) is 1. The third-order valence-electron chi connectivity index (χ3n) is 2.34. The monoisotopic (exact) mass is 171 g/mol. The van der Waals surface area contributed by atoms with Crippen LogP contribution in [0.15, 0.2) is 36.7 Å². The van der Waals surface area contributed by atoms with Gasteiger partial charge in [-0.05, 0) is 22.9 Å².